The maximum absolute atomic E-state index is 15.6. The van der Waals surface area contributed by atoms with Crippen LogP contribution < -0.4 is 26.3 Å². The van der Waals surface area contributed by atoms with Crippen LogP contribution in [0.15, 0.2) is 59.3 Å². The number of nitrogens with zero attached hydrogens (tertiary/aromatic N) is 3. The van der Waals surface area contributed by atoms with Crippen LogP contribution in [0.4, 0.5) is 25.8 Å². The number of aryl methyl sites for hydroxylation is 1. The Morgan fingerprint density at radius 3 is 2.58 bits per heavy atom. The third-order valence-electron chi connectivity index (χ3n) is 8.89. The molecule has 4 aromatic rings. The van der Waals surface area contributed by atoms with Crippen LogP contribution in [0.2, 0.25) is 0 Å². The Kier molecular flexibility index (Phi) is 10.3. The number of fused-ring (bicyclic) bond motifs is 1. The molecular weight excluding hydrogens is 688 g/mol. The molecule has 1 aromatic heterocycles. The van der Waals surface area contributed by atoms with Crippen molar-refractivity contribution in [3.8, 4) is 0 Å². The molecule has 4 N–H and O–H groups in total. The maximum Gasteiger partial charge on any atom is 0.277 e. The number of benzene rings is 3. The van der Waals surface area contributed by atoms with E-state index >= 15 is 4.39 Å². The number of aromatic nitrogens is 2. The Morgan fingerprint density at radius 1 is 1.08 bits per heavy atom. The number of halogens is 3. The van der Waals surface area contributed by atoms with E-state index in [0.29, 0.717) is 35.3 Å². The lowest BCUT2D eigenvalue weighted by molar-refractivity contribution is -0.134. The molecule has 1 atom stereocenters. The van der Waals surface area contributed by atoms with Crippen LogP contribution >= 0.6 is 15.9 Å². The number of anilines is 3. The summed E-state index contributed by atoms with van der Waals surface area (Å²) >= 11 is 3.21. The second-order valence-corrected chi connectivity index (χ2v) is 13.0. The molecule has 6 rings (SSSR count). The van der Waals surface area contributed by atoms with E-state index < -0.39 is 17.5 Å². The molecule has 0 aliphatic carbocycles. The first kappa shape index (κ1) is 33.5. The van der Waals surface area contributed by atoms with E-state index in [1.807, 2.05) is 24.3 Å². The van der Waals surface area contributed by atoms with E-state index in [2.05, 4.69) is 47.2 Å². The molecule has 252 valence electrons. The van der Waals surface area contributed by atoms with Crippen LogP contribution in [-0.4, -0.2) is 60.1 Å². The highest BCUT2D eigenvalue weighted by molar-refractivity contribution is 9.10. The van der Waals surface area contributed by atoms with Crippen LogP contribution in [0.3, 0.4) is 0 Å². The van der Waals surface area contributed by atoms with Crippen LogP contribution in [0.1, 0.15) is 47.5 Å². The molecule has 11 nitrogen and oxygen atoms in total. The van der Waals surface area contributed by atoms with Gasteiger partial charge in [-0.3, -0.25) is 24.5 Å². The quantitative estimate of drug-likeness (QED) is 0.0963. The van der Waals surface area contributed by atoms with Gasteiger partial charge in [-0.25, -0.2) is 19.2 Å². The lowest BCUT2D eigenvalue weighted by atomic mass is 9.90. The number of imidazole rings is 1. The zero-order valence-electron chi connectivity index (χ0n) is 26.3. The molecule has 14 heteroatoms. The van der Waals surface area contributed by atoms with Crippen molar-refractivity contribution in [2.75, 3.05) is 43.0 Å². The number of carbonyl (C=O) groups excluding carboxylic acids is 3. The molecular formula is C34H36BrF2N7O4. The first-order valence-electron chi connectivity index (χ1n) is 15.8. The third-order valence-corrected chi connectivity index (χ3v) is 9.38. The molecule has 2 aliphatic rings. The summed E-state index contributed by atoms with van der Waals surface area (Å²) in [6.07, 6.45) is 4.36. The fourth-order valence-electron chi connectivity index (χ4n) is 6.18. The second-order valence-electron chi connectivity index (χ2n) is 12.1. The Hall–Kier alpha value is -4.40. The van der Waals surface area contributed by atoms with Crippen LogP contribution in [0, 0.1) is 17.6 Å². The lowest BCUT2D eigenvalue weighted by Gasteiger charge is -2.34. The zero-order valence-corrected chi connectivity index (χ0v) is 27.9. The summed E-state index contributed by atoms with van der Waals surface area (Å²) in [5, 5.41) is 8.52. The standard InChI is InChI=1S/C34H36BrF2N7O4/c1-43-19-39-32-28(43)17-25(31(30(32)37)40-27-8-4-22(35)16-26(27)36)34(47)42-48-15-12-38-18-20-10-13-44(14-11-20)23-5-2-21(3-6-23)24-7-9-29(45)41-33(24)46/h2-6,8,16-17,19-20,24,38,40H,7,9-15,18H2,1H3,(H,42,47)(H,41,45,46). The van der Waals surface area contributed by atoms with Gasteiger partial charge in [-0.1, -0.05) is 28.1 Å². The molecule has 1 unspecified atom stereocenters. The van der Waals surface area contributed by atoms with Gasteiger partial charge in [0.05, 0.1) is 41.3 Å². The molecule has 48 heavy (non-hydrogen) atoms. The maximum atomic E-state index is 15.6. The molecule has 3 amide bonds. The van der Waals surface area contributed by atoms with Crippen molar-refractivity contribution in [2.24, 2.45) is 13.0 Å². The molecule has 0 saturated carbocycles. The van der Waals surface area contributed by atoms with Crippen molar-refractivity contribution < 1.29 is 28.0 Å². The van der Waals surface area contributed by atoms with E-state index in [-0.39, 0.29) is 46.8 Å². The highest BCUT2D eigenvalue weighted by Gasteiger charge is 2.28. The average molecular weight is 725 g/mol. The van der Waals surface area contributed by atoms with Crippen LogP contribution in [-0.2, 0) is 21.5 Å². The van der Waals surface area contributed by atoms with Crippen molar-refractivity contribution >= 4 is 61.7 Å². The van der Waals surface area contributed by atoms with Gasteiger partial charge in [0, 0.05) is 43.3 Å². The number of imide groups is 1. The van der Waals surface area contributed by atoms with Crippen molar-refractivity contribution in [3.05, 3.63) is 82.1 Å². The summed E-state index contributed by atoms with van der Waals surface area (Å²) in [5.74, 6) is -2.32. The minimum Gasteiger partial charge on any atom is -0.372 e. The Bertz CT molecular complexity index is 1830. The molecule has 2 saturated heterocycles. The number of carbonyl (C=O) groups is 3. The van der Waals surface area contributed by atoms with Crippen molar-refractivity contribution in [3.63, 3.8) is 0 Å². The van der Waals surface area contributed by atoms with Gasteiger partial charge in [-0.15, -0.1) is 0 Å². The summed E-state index contributed by atoms with van der Waals surface area (Å²) in [6.45, 7) is 3.30. The van der Waals surface area contributed by atoms with Crippen LogP contribution in [0.25, 0.3) is 11.0 Å². The van der Waals surface area contributed by atoms with E-state index in [4.69, 9.17) is 4.84 Å². The average Bonchev–Trinajstić information content (AvgIpc) is 3.45. The molecule has 2 aliphatic heterocycles. The Balaban J connectivity index is 0.956. The number of amides is 3. The van der Waals surface area contributed by atoms with Gasteiger partial charge in [0.2, 0.25) is 11.8 Å². The SMILES string of the molecule is Cn1cnc2c(F)c(Nc3ccc(Br)cc3F)c(C(=O)NOCCNCC3CCN(c4ccc(C5CCC(=O)NC5=O)cc4)CC3)cc21. The lowest BCUT2D eigenvalue weighted by Crippen LogP contribution is -2.39. The zero-order chi connectivity index (χ0) is 33.8. The number of hydroxylamine groups is 1. The molecule has 3 aromatic carbocycles. The second kappa shape index (κ2) is 14.8. The highest BCUT2D eigenvalue weighted by Crippen LogP contribution is 2.33. The predicted octanol–water partition coefficient (Wildman–Crippen LogP) is 5.05. The normalized spacial score (nSPS) is 17.1. The van der Waals surface area contributed by atoms with Gasteiger partial charge in [0.15, 0.2) is 5.82 Å². The van der Waals surface area contributed by atoms with Crippen LogP contribution in [0.5, 0.6) is 0 Å². The monoisotopic (exact) mass is 723 g/mol. The van der Waals surface area contributed by atoms with Gasteiger partial charge < -0.3 is 20.1 Å². The molecule has 0 spiro atoms. The predicted molar refractivity (Wildman–Crippen MR) is 181 cm³/mol. The summed E-state index contributed by atoms with van der Waals surface area (Å²) < 4.78 is 32.3. The first-order valence-corrected chi connectivity index (χ1v) is 16.6. The minimum atomic E-state index is -0.780. The fourth-order valence-corrected chi connectivity index (χ4v) is 6.51. The number of hydrogen-bond acceptors (Lipinski definition) is 8. The third kappa shape index (κ3) is 7.50. The van der Waals surface area contributed by atoms with Crippen molar-refractivity contribution in [1.29, 1.82) is 0 Å². The number of rotatable bonds is 11. The van der Waals surface area contributed by atoms with Gasteiger partial charge >= 0.3 is 0 Å². The smallest absolute Gasteiger partial charge is 0.277 e. The molecule has 2 fully saturated rings. The van der Waals surface area contributed by atoms with E-state index in [9.17, 15) is 18.8 Å². The summed E-state index contributed by atoms with van der Waals surface area (Å²) in [5.41, 5.74) is 4.61. The molecule has 0 radical (unpaired) electrons. The van der Waals surface area contributed by atoms with E-state index in [1.54, 1.807) is 17.7 Å². The summed E-state index contributed by atoms with van der Waals surface area (Å²) in [6, 6.07) is 13.8. The number of nitrogens with one attached hydrogen (secondary N) is 4. The van der Waals surface area contributed by atoms with E-state index in [0.717, 1.165) is 43.7 Å². The largest absolute Gasteiger partial charge is 0.372 e. The summed E-state index contributed by atoms with van der Waals surface area (Å²) in [4.78, 5) is 48.6. The van der Waals surface area contributed by atoms with E-state index in [1.165, 1.54) is 24.5 Å². The Labute approximate surface area is 284 Å². The number of hydrogen-bond donors (Lipinski definition) is 4. The molecule has 3 heterocycles. The van der Waals surface area contributed by atoms with Gasteiger partial charge in [0.1, 0.15) is 11.3 Å². The van der Waals surface area contributed by atoms with Crippen molar-refractivity contribution in [2.45, 2.75) is 31.6 Å². The topological polar surface area (TPSA) is 130 Å². The summed E-state index contributed by atoms with van der Waals surface area (Å²) in [7, 11) is 1.69. The molecule has 0 bridgehead atoms. The Morgan fingerprint density at radius 2 is 1.85 bits per heavy atom. The van der Waals surface area contributed by atoms with Gasteiger partial charge in [-0.05, 0) is 73.7 Å². The number of piperidine rings is 2. The van der Waals surface area contributed by atoms with Gasteiger partial charge in [0.25, 0.3) is 5.91 Å². The minimum absolute atomic E-state index is 0.0000633. The van der Waals surface area contributed by atoms with Gasteiger partial charge in [-0.2, -0.15) is 0 Å². The van der Waals surface area contributed by atoms with Crippen molar-refractivity contribution in [1.82, 2.24) is 25.7 Å². The highest BCUT2D eigenvalue weighted by atomic mass is 79.9. The fraction of sp³-hybridized carbons (Fsp3) is 0.353. The first-order chi connectivity index (χ1) is 23.2.